The summed E-state index contributed by atoms with van der Waals surface area (Å²) >= 11 is 0. The van der Waals surface area contributed by atoms with Crippen molar-refractivity contribution in [1.82, 2.24) is 4.90 Å². The topological polar surface area (TPSA) is 91.7 Å². The predicted octanol–water partition coefficient (Wildman–Crippen LogP) is 3.55. The van der Waals surface area contributed by atoms with Crippen LogP contribution in [0.5, 0.6) is 5.75 Å². The number of ether oxygens (including phenoxy) is 1. The highest BCUT2D eigenvalue weighted by Gasteiger charge is 2.49. The Kier molecular flexibility index (Phi) is 6.31. The number of alkyl halides is 2. The summed E-state index contributed by atoms with van der Waals surface area (Å²) in [7, 11) is 1.54. The Balaban J connectivity index is 2.01. The summed E-state index contributed by atoms with van der Waals surface area (Å²) in [6.45, 7) is -2.93. The van der Waals surface area contributed by atoms with Crippen LogP contribution in [0.1, 0.15) is 36.0 Å². The van der Waals surface area contributed by atoms with Gasteiger partial charge >= 0.3 is 6.61 Å². The van der Waals surface area contributed by atoms with Crippen LogP contribution in [0.4, 0.5) is 8.78 Å². The lowest BCUT2D eigenvalue weighted by Crippen LogP contribution is -2.41. The molecule has 1 aliphatic rings. The number of hydrogen-bond donors (Lipinski definition) is 1. The zero-order chi connectivity index (χ0) is 21.7. The van der Waals surface area contributed by atoms with E-state index in [1.165, 1.54) is 17.0 Å². The van der Waals surface area contributed by atoms with Crippen LogP contribution in [-0.2, 0) is 16.8 Å². The van der Waals surface area contributed by atoms with E-state index in [-0.39, 0.29) is 17.6 Å². The highest BCUT2D eigenvalue weighted by atomic mass is 19.3. The highest BCUT2D eigenvalue weighted by molar-refractivity contribution is 6.08. The first kappa shape index (κ1) is 21.2. The van der Waals surface area contributed by atoms with E-state index in [2.05, 4.69) is 15.8 Å². The fourth-order valence-corrected chi connectivity index (χ4v) is 3.55. The number of benzene rings is 2. The van der Waals surface area contributed by atoms with Gasteiger partial charge in [0, 0.05) is 13.5 Å². The minimum Gasteiger partial charge on any atom is -0.435 e. The summed E-state index contributed by atoms with van der Waals surface area (Å²) < 4.78 is 29.4. The molecule has 0 unspecified atom stereocenters. The standard InChI is InChI=1S/C22H22F2N4O2/c1-28-19(29)22(27-21(28)26,16-9-11-18(12-10-16)30-20(23)24)17-8-5-7-15(14-17)6-3-2-4-13-25/h5,7-12,14,20H,2-4,6H2,1H3,(H2,26,27)/t22-/m1/s1. The molecule has 0 bridgehead atoms. The zero-order valence-corrected chi connectivity index (χ0v) is 16.5. The molecule has 8 heteroatoms. The van der Waals surface area contributed by atoms with Crippen LogP contribution in [0.15, 0.2) is 53.5 Å². The van der Waals surface area contributed by atoms with Crippen LogP contribution < -0.4 is 10.5 Å². The molecule has 0 fully saturated rings. The number of aryl methyl sites for hydroxylation is 1. The molecular weight excluding hydrogens is 390 g/mol. The Morgan fingerprint density at radius 2 is 1.93 bits per heavy atom. The van der Waals surface area contributed by atoms with E-state index in [0.717, 1.165) is 24.8 Å². The van der Waals surface area contributed by atoms with Crippen molar-refractivity contribution in [3.63, 3.8) is 0 Å². The first-order chi connectivity index (χ1) is 14.4. The van der Waals surface area contributed by atoms with Gasteiger partial charge < -0.3 is 10.5 Å². The van der Waals surface area contributed by atoms with Crippen molar-refractivity contribution in [2.24, 2.45) is 10.7 Å². The summed E-state index contributed by atoms with van der Waals surface area (Å²) in [5.74, 6) is -0.262. The molecule has 30 heavy (non-hydrogen) atoms. The molecule has 0 aromatic heterocycles. The number of hydrogen-bond acceptors (Lipinski definition) is 5. The summed E-state index contributed by atoms with van der Waals surface area (Å²) in [4.78, 5) is 19.0. The van der Waals surface area contributed by atoms with E-state index in [1.54, 1.807) is 25.2 Å². The second-order valence-corrected chi connectivity index (χ2v) is 7.01. The van der Waals surface area contributed by atoms with Gasteiger partial charge in [0.05, 0.1) is 6.07 Å². The number of likely N-dealkylation sites (N-methyl/N-ethyl adjacent to an activating group) is 1. The first-order valence-corrected chi connectivity index (χ1v) is 9.53. The molecule has 0 spiro atoms. The number of nitrogens with zero attached hydrogens (tertiary/aromatic N) is 3. The fourth-order valence-electron chi connectivity index (χ4n) is 3.55. The van der Waals surface area contributed by atoms with Crippen molar-refractivity contribution >= 4 is 11.9 Å². The van der Waals surface area contributed by atoms with Gasteiger partial charge in [0.1, 0.15) is 5.75 Å². The van der Waals surface area contributed by atoms with Crippen LogP contribution in [0, 0.1) is 11.3 Å². The van der Waals surface area contributed by atoms with Crippen LogP contribution in [0.25, 0.3) is 0 Å². The van der Waals surface area contributed by atoms with Gasteiger partial charge in [0.25, 0.3) is 5.91 Å². The SMILES string of the molecule is CN1C(=O)[C@@](c2ccc(OC(F)F)cc2)(c2cccc(CCCCC#N)c2)N=C1N. The Labute approximate surface area is 173 Å². The number of carbonyl (C=O) groups excluding carboxylic acids is 1. The molecule has 1 amide bonds. The summed E-state index contributed by atoms with van der Waals surface area (Å²) in [6.07, 6.45) is 2.91. The average Bonchev–Trinajstić information content (AvgIpc) is 2.96. The highest BCUT2D eigenvalue weighted by Crippen LogP contribution is 2.40. The molecule has 2 N–H and O–H groups in total. The third-order valence-electron chi connectivity index (χ3n) is 5.09. The van der Waals surface area contributed by atoms with Crippen molar-refractivity contribution in [2.75, 3.05) is 7.05 Å². The number of halogens is 2. The predicted molar refractivity (Wildman–Crippen MR) is 108 cm³/mol. The monoisotopic (exact) mass is 412 g/mol. The van der Waals surface area contributed by atoms with Crippen LogP contribution in [0.2, 0.25) is 0 Å². The summed E-state index contributed by atoms with van der Waals surface area (Å²) in [6, 6.07) is 15.5. The quantitative estimate of drug-likeness (QED) is 0.671. The van der Waals surface area contributed by atoms with Gasteiger partial charge in [0.15, 0.2) is 11.5 Å². The average molecular weight is 412 g/mol. The van der Waals surface area contributed by atoms with Gasteiger partial charge in [-0.1, -0.05) is 36.4 Å². The van der Waals surface area contributed by atoms with E-state index in [4.69, 9.17) is 11.0 Å². The molecule has 1 aliphatic heterocycles. The van der Waals surface area contributed by atoms with Gasteiger partial charge in [-0.15, -0.1) is 0 Å². The number of carbonyl (C=O) groups is 1. The molecule has 6 nitrogen and oxygen atoms in total. The summed E-state index contributed by atoms with van der Waals surface area (Å²) in [5, 5.41) is 8.69. The number of nitrogens with two attached hydrogens (primary N) is 1. The second-order valence-electron chi connectivity index (χ2n) is 7.01. The molecular formula is C22H22F2N4O2. The molecule has 0 radical (unpaired) electrons. The van der Waals surface area contributed by atoms with Gasteiger partial charge in [-0.05, 0) is 48.1 Å². The molecule has 2 aromatic rings. The normalized spacial score (nSPS) is 18.4. The van der Waals surface area contributed by atoms with Crippen molar-refractivity contribution in [2.45, 2.75) is 37.8 Å². The molecule has 2 aromatic carbocycles. The van der Waals surface area contributed by atoms with Crippen LogP contribution >= 0.6 is 0 Å². The van der Waals surface area contributed by atoms with Crippen LogP contribution in [-0.4, -0.2) is 30.4 Å². The number of unbranched alkanes of at least 4 members (excludes halogenated alkanes) is 2. The number of aliphatic imine (C=N–C) groups is 1. The molecule has 0 saturated heterocycles. The van der Waals surface area contributed by atoms with Gasteiger partial charge in [-0.3, -0.25) is 9.69 Å². The maximum atomic E-state index is 13.3. The Morgan fingerprint density at radius 3 is 2.53 bits per heavy atom. The van der Waals surface area contributed by atoms with Crippen molar-refractivity contribution in [3.05, 3.63) is 65.2 Å². The van der Waals surface area contributed by atoms with Crippen molar-refractivity contribution in [1.29, 1.82) is 5.26 Å². The molecule has 156 valence electrons. The Morgan fingerprint density at radius 1 is 1.20 bits per heavy atom. The lowest BCUT2D eigenvalue weighted by Gasteiger charge is -2.26. The maximum absolute atomic E-state index is 13.3. The molecule has 0 saturated carbocycles. The molecule has 1 atom stereocenters. The Bertz CT molecular complexity index is 985. The number of rotatable bonds is 8. The molecule has 1 heterocycles. The van der Waals surface area contributed by atoms with Gasteiger partial charge in [-0.25, -0.2) is 4.99 Å². The minimum atomic E-state index is -2.93. The first-order valence-electron chi connectivity index (χ1n) is 9.53. The van der Waals surface area contributed by atoms with E-state index in [0.29, 0.717) is 17.5 Å². The number of guanidine groups is 1. The van der Waals surface area contributed by atoms with E-state index in [1.807, 2.05) is 18.2 Å². The number of amides is 1. The minimum absolute atomic E-state index is 0.00843. The van der Waals surface area contributed by atoms with Gasteiger partial charge in [-0.2, -0.15) is 14.0 Å². The third kappa shape index (κ3) is 4.10. The summed E-state index contributed by atoms with van der Waals surface area (Å²) in [5.41, 5.74) is 6.72. The third-order valence-corrected chi connectivity index (χ3v) is 5.09. The van der Waals surface area contributed by atoms with Crippen LogP contribution in [0.3, 0.4) is 0 Å². The zero-order valence-electron chi connectivity index (χ0n) is 16.5. The Hall–Kier alpha value is -3.47. The smallest absolute Gasteiger partial charge is 0.387 e. The van der Waals surface area contributed by atoms with Crippen molar-refractivity contribution < 1.29 is 18.3 Å². The van der Waals surface area contributed by atoms with E-state index >= 15 is 0 Å². The number of nitriles is 1. The van der Waals surface area contributed by atoms with E-state index < -0.39 is 12.2 Å². The fraction of sp³-hybridized carbons (Fsp3) is 0.318. The second kappa shape index (κ2) is 8.91. The molecule has 0 aliphatic carbocycles. The maximum Gasteiger partial charge on any atom is 0.387 e. The largest absolute Gasteiger partial charge is 0.435 e. The van der Waals surface area contributed by atoms with E-state index in [9.17, 15) is 13.6 Å². The lowest BCUT2D eigenvalue weighted by molar-refractivity contribution is -0.129. The lowest BCUT2D eigenvalue weighted by atomic mass is 9.82. The van der Waals surface area contributed by atoms with Gasteiger partial charge in [0.2, 0.25) is 0 Å². The van der Waals surface area contributed by atoms with Crippen molar-refractivity contribution in [3.8, 4) is 11.8 Å². The molecule has 3 rings (SSSR count).